The number of fused-ring (bicyclic) bond motifs is 1. The normalized spacial score (nSPS) is 10.8. The Hall–Kier alpha value is -2.89. The van der Waals surface area contributed by atoms with E-state index < -0.39 is 11.8 Å². The fraction of sp³-hybridized carbons (Fsp3) is 0.0667. The number of rotatable bonds is 3. The third-order valence-electron chi connectivity index (χ3n) is 3.16. The first-order chi connectivity index (χ1) is 10.1. The average Bonchev–Trinajstić information content (AvgIpc) is 2.88. The molecule has 0 spiro atoms. The Morgan fingerprint density at radius 2 is 2.14 bits per heavy atom. The minimum atomic E-state index is -1.03. The molecule has 0 atom stereocenters. The number of hydrogen-bond donors (Lipinski definition) is 2. The van der Waals surface area contributed by atoms with Gasteiger partial charge in [-0.2, -0.15) is 0 Å². The molecule has 3 rings (SSSR count). The number of nitrogens with zero attached hydrogens (tertiary/aromatic N) is 1. The predicted octanol–water partition coefficient (Wildman–Crippen LogP) is 3.08. The summed E-state index contributed by atoms with van der Waals surface area (Å²) >= 11 is 0. The van der Waals surface area contributed by atoms with E-state index in [1.165, 1.54) is 25.3 Å². The molecular weight excluding hydrogens is 275 g/mol. The van der Waals surface area contributed by atoms with Crippen LogP contribution in [-0.4, -0.2) is 28.2 Å². The van der Waals surface area contributed by atoms with Crippen molar-refractivity contribution in [2.24, 2.45) is 0 Å². The lowest BCUT2D eigenvalue weighted by Crippen LogP contribution is -1.94. The molecule has 0 aliphatic rings. The third kappa shape index (κ3) is 2.20. The minimum absolute atomic E-state index is 0.137. The van der Waals surface area contributed by atoms with E-state index in [1.54, 1.807) is 18.2 Å². The Bertz CT molecular complexity index is 842. The fourth-order valence-corrected chi connectivity index (χ4v) is 2.17. The Labute approximate surface area is 119 Å². The van der Waals surface area contributed by atoms with Crippen molar-refractivity contribution in [1.29, 1.82) is 0 Å². The molecule has 1 aromatic heterocycles. The van der Waals surface area contributed by atoms with E-state index in [9.17, 15) is 9.18 Å². The second-order valence-corrected chi connectivity index (χ2v) is 4.44. The zero-order valence-corrected chi connectivity index (χ0v) is 11.1. The number of benzene rings is 2. The summed E-state index contributed by atoms with van der Waals surface area (Å²) in [7, 11) is 1.45. The molecule has 6 heteroatoms. The molecule has 0 aliphatic carbocycles. The summed E-state index contributed by atoms with van der Waals surface area (Å²) in [6.45, 7) is 0. The summed E-state index contributed by atoms with van der Waals surface area (Å²) in [5, 5.41) is 8.98. The van der Waals surface area contributed by atoms with Crippen LogP contribution in [0.4, 0.5) is 4.39 Å². The topological polar surface area (TPSA) is 75.2 Å². The number of nitrogens with one attached hydrogen (secondary N) is 1. The van der Waals surface area contributed by atoms with Crippen LogP contribution in [0.2, 0.25) is 0 Å². The van der Waals surface area contributed by atoms with Crippen molar-refractivity contribution < 1.29 is 19.0 Å². The standard InChI is InChI=1S/C15H11FN2O3/c1-21-12-4-2-3-9(16)13(12)14-17-10-6-5-8(15(19)20)7-11(10)18-14/h2-7H,1H3,(H,17,18)(H,19,20). The smallest absolute Gasteiger partial charge is 0.335 e. The molecule has 0 saturated heterocycles. The number of aromatic carboxylic acids is 1. The number of carboxylic acid groups (broad SMARTS) is 1. The molecule has 1 heterocycles. The predicted molar refractivity (Wildman–Crippen MR) is 75.0 cm³/mol. The van der Waals surface area contributed by atoms with E-state index in [0.29, 0.717) is 22.6 Å². The number of aromatic nitrogens is 2. The van der Waals surface area contributed by atoms with Crippen LogP contribution in [-0.2, 0) is 0 Å². The first kappa shape index (κ1) is 13.1. The molecule has 106 valence electrons. The van der Waals surface area contributed by atoms with Gasteiger partial charge in [-0.15, -0.1) is 0 Å². The van der Waals surface area contributed by atoms with Crippen molar-refractivity contribution in [3.8, 4) is 17.1 Å². The first-order valence-corrected chi connectivity index (χ1v) is 6.16. The van der Waals surface area contributed by atoms with Crippen LogP contribution in [0, 0.1) is 5.82 Å². The van der Waals surface area contributed by atoms with E-state index in [2.05, 4.69) is 9.97 Å². The van der Waals surface area contributed by atoms with Crippen molar-refractivity contribution in [1.82, 2.24) is 9.97 Å². The SMILES string of the molecule is COc1cccc(F)c1-c1nc2ccc(C(=O)O)cc2[nH]1. The molecule has 2 aromatic carbocycles. The van der Waals surface area contributed by atoms with Gasteiger partial charge in [0.15, 0.2) is 0 Å². The van der Waals surface area contributed by atoms with Crippen LogP contribution in [0.1, 0.15) is 10.4 Å². The number of carboxylic acids is 1. The average molecular weight is 286 g/mol. The van der Waals surface area contributed by atoms with Crippen LogP contribution in [0.15, 0.2) is 36.4 Å². The molecule has 0 aliphatic heterocycles. The van der Waals surface area contributed by atoms with Gasteiger partial charge in [0, 0.05) is 0 Å². The molecule has 0 amide bonds. The summed E-state index contributed by atoms with van der Waals surface area (Å²) in [4.78, 5) is 18.2. The van der Waals surface area contributed by atoms with Gasteiger partial charge in [0.05, 0.1) is 29.3 Å². The van der Waals surface area contributed by atoms with Gasteiger partial charge in [-0.3, -0.25) is 0 Å². The van der Waals surface area contributed by atoms with Crippen molar-refractivity contribution in [3.05, 3.63) is 47.8 Å². The Morgan fingerprint density at radius 1 is 1.33 bits per heavy atom. The van der Waals surface area contributed by atoms with Gasteiger partial charge < -0.3 is 14.8 Å². The summed E-state index contributed by atoms with van der Waals surface area (Å²) < 4.78 is 19.2. The molecule has 0 radical (unpaired) electrons. The monoisotopic (exact) mass is 286 g/mol. The summed E-state index contributed by atoms with van der Waals surface area (Å²) in [6.07, 6.45) is 0. The largest absolute Gasteiger partial charge is 0.496 e. The van der Waals surface area contributed by atoms with Crippen LogP contribution >= 0.6 is 0 Å². The lowest BCUT2D eigenvalue weighted by atomic mass is 10.2. The quantitative estimate of drug-likeness (QED) is 0.776. The molecule has 0 saturated carbocycles. The number of H-pyrrole nitrogens is 1. The van der Waals surface area contributed by atoms with E-state index in [-0.39, 0.29) is 11.1 Å². The molecule has 0 fully saturated rings. The fourth-order valence-electron chi connectivity index (χ4n) is 2.17. The first-order valence-electron chi connectivity index (χ1n) is 6.16. The van der Waals surface area contributed by atoms with Gasteiger partial charge in [0.2, 0.25) is 0 Å². The van der Waals surface area contributed by atoms with Crippen molar-refractivity contribution in [3.63, 3.8) is 0 Å². The molecular formula is C15H11FN2O3. The number of aromatic amines is 1. The van der Waals surface area contributed by atoms with Gasteiger partial charge in [-0.05, 0) is 30.3 Å². The number of ether oxygens (including phenoxy) is 1. The zero-order chi connectivity index (χ0) is 15.0. The molecule has 3 aromatic rings. The van der Waals surface area contributed by atoms with E-state index in [4.69, 9.17) is 9.84 Å². The lowest BCUT2D eigenvalue weighted by molar-refractivity contribution is 0.0697. The molecule has 0 unspecified atom stereocenters. The van der Waals surface area contributed by atoms with Gasteiger partial charge in [-0.1, -0.05) is 6.07 Å². The van der Waals surface area contributed by atoms with Gasteiger partial charge >= 0.3 is 5.97 Å². The minimum Gasteiger partial charge on any atom is -0.496 e. The number of carbonyl (C=O) groups is 1. The number of halogens is 1. The highest BCUT2D eigenvalue weighted by Crippen LogP contribution is 2.31. The van der Waals surface area contributed by atoms with Gasteiger partial charge in [-0.25, -0.2) is 14.2 Å². The second-order valence-electron chi connectivity index (χ2n) is 4.44. The third-order valence-corrected chi connectivity index (χ3v) is 3.16. The maximum atomic E-state index is 14.0. The van der Waals surface area contributed by atoms with Crippen LogP contribution in [0.3, 0.4) is 0 Å². The van der Waals surface area contributed by atoms with Crippen molar-refractivity contribution in [2.75, 3.05) is 7.11 Å². The van der Waals surface area contributed by atoms with E-state index in [0.717, 1.165) is 0 Å². The second kappa shape index (κ2) is 4.90. The molecule has 21 heavy (non-hydrogen) atoms. The maximum Gasteiger partial charge on any atom is 0.335 e. The van der Waals surface area contributed by atoms with Crippen LogP contribution in [0.25, 0.3) is 22.4 Å². The maximum absolute atomic E-state index is 14.0. The Morgan fingerprint density at radius 3 is 2.86 bits per heavy atom. The highest BCUT2D eigenvalue weighted by Gasteiger charge is 2.16. The van der Waals surface area contributed by atoms with Crippen molar-refractivity contribution in [2.45, 2.75) is 0 Å². The molecule has 2 N–H and O–H groups in total. The van der Waals surface area contributed by atoms with Gasteiger partial charge in [0.1, 0.15) is 17.4 Å². The zero-order valence-electron chi connectivity index (χ0n) is 11.1. The summed E-state index contributed by atoms with van der Waals surface area (Å²) in [5.41, 5.74) is 1.43. The molecule has 5 nitrogen and oxygen atoms in total. The van der Waals surface area contributed by atoms with E-state index in [1.807, 2.05) is 0 Å². The van der Waals surface area contributed by atoms with Crippen LogP contribution < -0.4 is 4.74 Å². The lowest BCUT2D eigenvalue weighted by Gasteiger charge is -2.06. The van der Waals surface area contributed by atoms with Crippen molar-refractivity contribution >= 4 is 17.0 Å². The van der Waals surface area contributed by atoms with Gasteiger partial charge in [0.25, 0.3) is 0 Å². The number of hydrogen-bond acceptors (Lipinski definition) is 3. The number of imidazole rings is 1. The highest BCUT2D eigenvalue weighted by molar-refractivity contribution is 5.93. The van der Waals surface area contributed by atoms with Crippen LogP contribution in [0.5, 0.6) is 5.75 Å². The Balaban J connectivity index is 2.20. The summed E-state index contributed by atoms with van der Waals surface area (Å²) in [6, 6.07) is 8.98. The van der Waals surface area contributed by atoms with E-state index >= 15 is 0 Å². The highest BCUT2D eigenvalue weighted by atomic mass is 19.1. The molecule has 0 bridgehead atoms. The Kier molecular flexibility index (Phi) is 3.06. The summed E-state index contributed by atoms with van der Waals surface area (Å²) in [5.74, 6) is -0.849. The number of methoxy groups -OCH3 is 1.